The topological polar surface area (TPSA) is 47.3 Å². The van der Waals surface area contributed by atoms with Crippen LogP contribution >= 0.6 is 0 Å². The van der Waals surface area contributed by atoms with Gasteiger partial charge in [0.2, 0.25) is 0 Å². The van der Waals surface area contributed by atoms with Crippen LogP contribution in [0.5, 0.6) is 0 Å². The zero-order chi connectivity index (χ0) is 13.1. The molecule has 98 valence electrons. The molecule has 0 radical (unpaired) electrons. The zero-order valence-corrected chi connectivity index (χ0v) is 11.2. The summed E-state index contributed by atoms with van der Waals surface area (Å²) in [5.41, 5.74) is 2.94. The van der Waals surface area contributed by atoms with Crippen molar-refractivity contribution in [3.8, 4) is 0 Å². The second-order valence-electron chi connectivity index (χ2n) is 4.97. The number of hydrogen-bond donors (Lipinski definition) is 1. The van der Waals surface area contributed by atoms with Crippen LogP contribution in [0.15, 0.2) is 18.2 Å². The molecular formula is C14H20N2O2. The van der Waals surface area contributed by atoms with E-state index in [0.29, 0.717) is 12.5 Å². The third-order valence-electron chi connectivity index (χ3n) is 2.89. The zero-order valence-electron chi connectivity index (χ0n) is 11.2. The second kappa shape index (κ2) is 5.50. The first-order valence-corrected chi connectivity index (χ1v) is 6.23. The average Bonchev–Trinajstić information content (AvgIpc) is 2.67. The van der Waals surface area contributed by atoms with Gasteiger partial charge in [-0.15, -0.1) is 0 Å². The van der Waals surface area contributed by atoms with Crippen molar-refractivity contribution >= 4 is 10.9 Å². The Kier molecular flexibility index (Phi) is 3.99. The van der Waals surface area contributed by atoms with Gasteiger partial charge >= 0.3 is 0 Å². The maximum atomic E-state index is 9.23. The minimum absolute atomic E-state index is 0.0579. The van der Waals surface area contributed by atoms with E-state index in [-0.39, 0.29) is 6.61 Å². The van der Waals surface area contributed by atoms with E-state index in [1.54, 1.807) is 7.11 Å². The first-order chi connectivity index (χ1) is 8.65. The number of methoxy groups -OCH3 is 1. The number of fused-ring (bicyclic) bond motifs is 1. The van der Waals surface area contributed by atoms with Gasteiger partial charge < -0.3 is 9.84 Å². The van der Waals surface area contributed by atoms with Gasteiger partial charge in [-0.2, -0.15) is 5.10 Å². The van der Waals surface area contributed by atoms with Crippen LogP contribution in [-0.4, -0.2) is 22.0 Å². The molecule has 0 fully saturated rings. The van der Waals surface area contributed by atoms with Crippen LogP contribution in [0.1, 0.15) is 25.1 Å². The van der Waals surface area contributed by atoms with Crippen molar-refractivity contribution in [2.75, 3.05) is 7.11 Å². The van der Waals surface area contributed by atoms with Crippen LogP contribution in [0.3, 0.4) is 0 Å². The van der Waals surface area contributed by atoms with Gasteiger partial charge in [-0.3, -0.25) is 4.68 Å². The smallest absolute Gasteiger partial charge is 0.0960 e. The highest BCUT2D eigenvalue weighted by atomic mass is 16.5. The molecule has 4 nitrogen and oxygen atoms in total. The Morgan fingerprint density at radius 1 is 1.39 bits per heavy atom. The fourth-order valence-corrected chi connectivity index (χ4v) is 2.11. The van der Waals surface area contributed by atoms with Crippen molar-refractivity contribution < 1.29 is 9.84 Å². The summed E-state index contributed by atoms with van der Waals surface area (Å²) in [6.45, 7) is 5.77. The summed E-state index contributed by atoms with van der Waals surface area (Å²) in [6.07, 6.45) is 0. The molecule has 0 bridgehead atoms. The van der Waals surface area contributed by atoms with Gasteiger partial charge in [0.25, 0.3) is 0 Å². The molecule has 0 spiro atoms. The van der Waals surface area contributed by atoms with Crippen molar-refractivity contribution in [1.82, 2.24) is 9.78 Å². The van der Waals surface area contributed by atoms with Gasteiger partial charge in [-0.25, -0.2) is 0 Å². The Morgan fingerprint density at radius 3 is 2.78 bits per heavy atom. The van der Waals surface area contributed by atoms with Gasteiger partial charge in [0.1, 0.15) is 0 Å². The van der Waals surface area contributed by atoms with Gasteiger partial charge in [-0.05, 0) is 17.5 Å². The SMILES string of the molecule is COCc1nn(CC(C)C)c2cc(CO)ccc12. The van der Waals surface area contributed by atoms with Crippen LogP contribution in [0.25, 0.3) is 10.9 Å². The monoisotopic (exact) mass is 248 g/mol. The largest absolute Gasteiger partial charge is 0.392 e. The van der Waals surface area contributed by atoms with Gasteiger partial charge in [0, 0.05) is 19.0 Å². The van der Waals surface area contributed by atoms with E-state index in [9.17, 15) is 5.11 Å². The third kappa shape index (κ3) is 2.54. The molecule has 0 aliphatic heterocycles. The molecule has 0 aliphatic rings. The van der Waals surface area contributed by atoms with E-state index in [0.717, 1.165) is 28.7 Å². The number of aromatic nitrogens is 2. The lowest BCUT2D eigenvalue weighted by molar-refractivity contribution is 0.181. The van der Waals surface area contributed by atoms with E-state index >= 15 is 0 Å². The van der Waals surface area contributed by atoms with Crippen molar-refractivity contribution in [3.63, 3.8) is 0 Å². The molecule has 0 unspecified atom stereocenters. The maximum Gasteiger partial charge on any atom is 0.0960 e. The Labute approximate surface area is 107 Å². The van der Waals surface area contributed by atoms with E-state index in [2.05, 4.69) is 18.9 Å². The molecule has 0 saturated heterocycles. The second-order valence-corrected chi connectivity index (χ2v) is 4.97. The summed E-state index contributed by atoms with van der Waals surface area (Å²) < 4.78 is 7.19. The number of aliphatic hydroxyl groups is 1. The van der Waals surface area contributed by atoms with Gasteiger partial charge in [0.15, 0.2) is 0 Å². The Morgan fingerprint density at radius 2 is 2.17 bits per heavy atom. The molecule has 1 N–H and O–H groups in total. The number of ether oxygens (including phenoxy) is 1. The molecule has 0 aliphatic carbocycles. The minimum Gasteiger partial charge on any atom is -0.392 e. The molecule has 1 aromatic heterocycles. The molecule has 2 aromatic rings. The fraction of sp³-hybridized carbons (Fsp3) is 0.500. The average molecular weight is 248 g/mol. The molecule has 4 heteroatoms. The predicted molar refractivity (Wildman–Crippen MR) is 71.2 cm³/mol. The number of hydrogen-bond acceptors (Lipinski definition) is 3. The maximum absolute atomic E-state index is 9.23. The van der Waals surface area contributed by atoms with Crippen LogP contribution in [0, 0.1) is 5.92 Å². The number of benzene rings is 1. The molecular weight excluding hydrogens is 228 g/mol. The van der Waals surface area contributed by atoms with Crippen molar-refractivity contribution in [1.29, 1.82) is 0 Å². The molecule has 18 heavy (non-hydrogen) atoms. The van der Waals surface area contributed by atoms with E-state index in [1.807, 2.05) is 22.9 Å². The molecule has 0 atom stereocenters. The quantitative estimate of drug-likeness (QED) is 0.883. The summed E-state index contributed by atoms with van der Waals surface area (Å²) in [4.78, 5) is 0. The minimum atomic E-state index is 0.0579. The molecule has 2 rings (SSSR count). The van der Waals surface area contributed by atoms with E-state index in [4.69, 9.17) is 4.74 Å². The summed E-state index contributed by atoms with van der Waals surface area (Å²) in [7, 11) is 1.68. The number of aliphatic hydroxyl groups excluding tert-OH is 1. The summed E-state index contributed by atoms with van der Waals surface area (Å²) >= 11 is 0. The Bertz CT molecular complexity index is 532. The lowest BCUT2D eigenvalue weighted by Gasteiger charge is -2.06. The molecule has 0 saturated carbocycles. The highest BCUT2D eigenvalue weighted by molar-refractivity contribution is 5.82. The predicted octanol–water partition coefficient (Wildman–Crippen LogP) is 2.33. The number of rotatable bonds is 5. The highest BCUT2D eigenvalue weighted by Crippen LogP contribution is 2.22. The summed E-state index contributed by atoms with van der Waals surface area (Å²) in [5, 5.41) is 14.9. The van der Waals surface area contributed by atoms with E-state index in [1.165, 1.54) is 0 Å². The first-order valence-electron chi connectivity index (χ1n) is 6.23. The first kappa shape index (κ1) is 13.1. The fourth-order valence-electron chi connectivity index (χ4n) is 2.11. The summed E-state index contributed by atoms with van der Waals surface area (Å²) in [6, 6.07) is 5.95. The van der Waals surface area contributed by atoms with Crippen LogP contribution in [0.2, 0.25) is 0 Å². The summed E-state index contributed by atoms with van der Waals surface area (Å²) in [5.74, 6) is 0.529. The normalized spacial score (nSPS) is 11.6. The molecule has 0 amide bonds. The van der Waals surface area contributed by atoms with Gasteiger partial charge in [-0.1, -0.05) is 26.0 Å². The lowest BCUT2D eigenvalue weighted by atomic mass is 10.1. The van der Waals surface area contributed by atoms with Crippen LogP contribution in [0.4, 0.5) is 0 Å². The van der Waals surface area contributed by atoms with Crippen molar-refractivity contribution in [3.05, 3.63) is 29.5 Å². The molecule has 1 heterocycles. The van der Waals surface area contributed by atoms with Gasteiger partial charge in [0.05, 0.1) is 24.4 Å². The Hall–Kier alpha value is -1.39. The highest BCUT2D eigenvalue weighted by Gasteiger charge is 2.11. The lowest BCUT2D eigenvalue weighted by Crippen LogP contribution is -2.06. The number of nitrogens with zero attached hydrogens (tertiary/aromatic N) is 2. The molecule has 1 aromatic carbocycles. The Balaban J connectivity index is 2.53. The third-order valence-corrected chi connectivity index (χ3v) is 2.89. The van der Waals surface area contributed by atoms with Crippen LogP contribution < -0.4 is 0 Å². The van der Waals surface area contributed by atoms with Crippen molar-refractivity contribution in [2.24, 2.45) is 5.92 Å². The van der Waals surface area contributed by atoms with E-state index < -0.39 is 0 Å². The van der Waals surface area contributed by atoms with Crippen molar-refractivity contribution in [2.45, 2.75) is 33.6 Å². The standard InChI is InChI=1S/C14H20N2O2/c1-10(2)7-16-14-6-11(8-17)4-5-12(14)13(15-16)9-18-3/h4-6,10,17H,7-9H2,1-3H3. The van der Waals surface area contributed by atoms with Crippen LogP contribution in [-0.2, 0) is 24.5 Å².